The molecule has 1 atom stereocenters. The van der Waals surface area contributed by atoms with Crippen LogP contribution >= 0.6 is 0 Å². The third-order valence-electron chi connectivity index (χ3n) is 7.48. The fraction of sp³-hybridized carbons (Fsp3) is 0.406. The largest absolute Gasteiger partial charge is 0.504 e. The number of aromatic nitrogens is 2. The molecule has 9 nitrogen and oxygen atoms in total. The summed E-state index contributed by atoms with van der Waals surface area (Å²) in [5.74, 6) is 0.403. The van der Waals surface area contributed by atoms with Gasteiger partial charge in [-0.2, -0.15) is 0 Å². The number of aromatic amines is 1. The molecule has 0 aliphatic carbocycles. The predicted molar refractivity (Wildman–Crippen MR) is 159 cm³/mol. The number of fused-ring (bicyclic) bond motifs is 1. The van der Waals surface area contributed by atoms with Gasteiger partial charge in [-0.1, -0.05) is 50.5 Å². The molecule has 0 fully saturated rings. The maximum atomic E-state index is 12.3. The number of nitrogens with one attached hydrogen (secondary N) is 1. The number of rotatable bonds is 16. The molecule has 41 heavy (non-hydrogen) atoms. The van der Waals surface area contributed by atoms with Gasteiger partial charge in [-0.15, -0.1) is 0 Å². The van der Waals surface area contributed by atoms with Gasteiger partial charge >= 0.3 is 0 Å². The minimum Gasteiger partial charge on any atom is -0.504 e. The lowest BCUT2D eigenvalue weighted by Crippen LogP contribution is -2.20. The topological polar surface area (TPSA) is 160 Å². The van der Waals surface area contributed by atoms with Crippen LogP contribution in [0.4, 0.5) is 0 Å². The van der Waals surface area contributed by atoms with E-state index in [1.54, 1.807) is 18.2 Å². The highest BCUT2D eigenvalue weighted by Gasteiger charge is 2.14. The van der Waals surface area contributed by atoms with E-state index >= 15 is 0 Å². The molecule has 0 bridgehead atoms. The summed E-state index contributed by atoms with van der Waals surface area (Å²) < 4.78 is 7.83. The second-order valence-electron chi connectivity index (χ2n) is 10.8. The number of phenols is 1. The Labute approximate surface area is 240 Å². The third-order valence-corrected chi connectivity index (χ3v) is 7.48. The SMILES string of the molecule is CCCCC[C@@H](O)CC(=O)CCc1ccc(O)c(OCn2cc3[nH]cc(Cc4cc(C(N)N)ccc4CO)c3c2)c1. The van der Waals surface area contributed by atoms with Gasteiger partial charge in [0, 0.05) is 36.8 Å². The molecule has 0 spiro atoms. The highest BCUT2D eigenvalue weighted by Crippen LogP contribution is 2.29. The number of carbonyl (C=O) groups is 1. The van der Waals surface area contributed by atoms with Gasteiger partial charge in [0.25, 0.3) is 0 Å². The van der Waals surface area contributed by atoms with Crippen molar-refractivity contribution in [2.45, 2.75) is 83.9 Å². The Balaban J connectivity index is 1.37. The monoisotopic (exact) mass is 562 g/mol. The Kier molecular flexibility index (Phi) is 10.6. The quantitative estimate of drug-likeness (QED) is 0.0863. The van der Waals surface area contributed by atoms with Gasteiger partial charge in [0.05, 0.1) is 24.4 Å². The van der Waals surface area contributed by atoms with E-state index in [0.717, 1.165) is 58.0 Å². The number of carbonyl (C=O) groups excluding carboxylic acids is 1. The molecule has 2 aromatic heterocycles. The van der Waals surface area contributed by atoms with Crippen molar-refractivity contribution in [3.05, 3.63) is 82.8 Å². The van der Waals surface area contributed by atoms with Crippen molar-refractivity contribution in [3.8, 4) is 11.5 Å². The first-order chi connectivity index (χ1) is 19.8. The first-order valence-electron chi connectivity index (χ1n) is 14.3. The van der Waals surface area contributed by atoms with Gasteiger partial charge in [-0.3, -0.25) is 4.79 Å². The first kappa shape index (κ1) is 30.3. The summed E-state index contributed by atoms with van der Waals surface area (Å²) in [7, 11) is 0. The Morgan fingerprint density at radius 1 is 1.07 bits per heavy atom. The van der Waals surface area contributed by atoms with Crippen LogP contribution in [-0.2, 0) is 31.0 Å². The molecule has 0 aliphatic heterocycles. The zero-order valence-corrected chi connectivity index (χ0v) is 23.7. The molecule has 0 aliphatic rings. The summed E-state index contributed by atoms with van der Waals surface area (Å²) in [5, 5.41) is 31.3. The minimum absolute atomic E-state index is 0.0272. The van der Waals surface area contributed by atoms with Crippen molar-refractivity contribution in [2.75, 3.05) is 0 Å². The van der Waals surface area contributed by atoms with Gasteiger partial charge in [-0.25, -0.2) is 0 Å². The summed E-state index contributed by atoms with van der Waals surface area (Å²) in [6, 6.07) is 10.7. The van der Waals surface area contributed by atoms with Crippen LogP contribution in [0.15, 0.2) is 55.0 Å². The van der Waals surface area contributed by atoms with Crippen molar-refractivity contribution in [1.29, 1.82) is 0 Å². The van der Waals surface area contributed by atoms with E-state index in [2.05, 4.69) is 11.9 Å². The average molecular weight is 563 g/mol. The molecule has 2 heterocycles. The number of hydrogen-bond acceptors (Lipinski definition) is 7. The van der Waals surface area contributed by atoms with E-state index in [0.29, 0.717) is 31.4 Å². The van der Waals surface area contributed by atoms with Crippen LogP contribution in [0.3, 0.4) is 0 Å². The summed E-state index contributed by atoms with van der Waals surface area (Å²) in [6.07, 6.45) is 10.1. The van der Waals surface area contributed by atoms with Crippen molar-refractivity contribution in [1.82, 2.24) is 9.55 Å². The van der Waals surface area contributed by atoms with Gasteiger partial charge in [0.2, 0.25) is 0 Å². The van der Waals surface area contributed by atoms with Gasteiger partial charge in [0.15, 0.2) is 18.2 Å². The number of H-pyrrole nitrogens is 1. The van der Waals surface area contributed by atoms with Gasteiger partial charge < -0.3 is 41.1 Å². The second-order valence-corrected chi connectivity index (χ2v) is 10.8. The second kappa shape index (κ2) is 14.3. The number of ether oxygens (including phenoxy) is 1. The van der Waals surface area contributed by atoms with E-state index in [1.807, 2.05) is 41.4 Å². The average Bonchev–Trinajstić information content (AvgIpc) is 3.53. The Bertz CT molecular complexity index is 1440. The van der Waals surface area contributed by atoms with Crippen molar-refractivity contribution in [3.63, 3.8) is 0 Å². The van der Waals surface area contributed by atoms with Crippen molar-refractivity contribution >= 4 is 16.7 Å². The number of ketones is 1. The number of Topliss-reactive ketones (excluding diaryl/α,β-unsaturated/α-hetero) is 1. The fourth-order valence-electron chi connectivity index (χ4n) is 5.07. The molecule has 4 rings (SSSR count). The lowest BCUT2D eigenvalue weighted by molar-refractivity contribution is -0.121. The number of aliphatic hydroxyl groups excluding tert-OH is 2. The van der Waals surface area contributed by atoms with Crippen molar-refractivity contribution in [2.24, 2.45) is 11.5 Å². The number of aliphatic hydroxyl groups is 2. The van der Waals surface area contributed by atoms with Crippen molar-refractivity contribution < 1.29 is 24.9 Å². The molecular weight excluding hydrogens is 520 g/mol. The molecular formula is C32H42N4O5. The lowest BCUT2D eigenvalue weighted by atomic mass is 9.97. The summed E-state index contributed by atoms with van der Waals surface area (Å²) in [6.45, 7) is 2.22. The van der Waals surface area contributed by atoms with E-state index in [-0.39, 0.29) is 31.3 Å². The molecule has 0 radical (unpaired) electrons. The van der Waals surface area contributed by atoms with Crippen LogP contribution in [0.5, 0.6) is 11.5 Å². The number of benzene rings is 2. The Morgan fingerprint density at radius 2 is 1.90 bits per heavy atom. The van der Waals surface area contributed by atoms with Crippen LogP contribution in [0.25, 0.3) is 10.9 Å². The van der Waals surface area contributed by atoms with E-state index in [4.69, 9.17) is 16.2 Å². The standard InChI is InChI=1S/C32H42N4O5/c1-2-3-4-5-26(38)15-27(39)10-6-21-7-11-30(40)31(12-21)41-20-36-17-28-25(16-35-29(28)18-36)14-24-13-22(32(33)34)8-9-23(24)19-37/h7-9,11-13,16-18,26,32,35,37-38,40H,2-6,10,14-15,19-20,33-34H2,1H3/t26-/m1/s1. The number of nitrogens with zero attached hydrogens (tertiary/aromatic N) is 1. The summed E-state index contributed by atoms with van der Waals surface area (Å²) >= 11 is 0. The third kappa shape index (κ3) is 8.20. The maximum absolute atomic E-state index is 12.3. The molecule has 0 amide bonds. The van der Waals surface area contributed by atoms with E-state index < -0.39 is 12.3 Å². The number of hydrogen-bond donors (Lipinski definition) is 6. The molecule has 4 aromatic rings. The van der Waals surface area contributed by atoms with Crippen LogP contribution < -0.4 is 16.2 Å². The number of aryl methyl sites for hydroxylation is 1. The lowest BCUT2D eigenvalue weighted by Gasteiger charge is -2.12. The van der Waals surface area contributed by atoms with Gasteiger partial charge in [-0.05, 0) is 59.2 Å². The van der Waals surface area contributed by atoms with Crippen LogP contribution in [0, 0.1) is 0 Å². The molecule has 220 valence electrons. The highest BCUT2D eigenvalue weighted by molar-refractivity contribution is 5.83. The summed E-state index contributed by atoms with van der Waals surface area (Å²) in [4.78, 5) is 15.6. The maximum Gasteiger partial charge on any atom is 0.165 e. The smallest absolute Gasteiger partial charge is 0.165 e. The zero-order chi connectivity index (χ0) is 29.4. The number of phenolic OH excluding ortho intramolecular Hbond substituents is 1. The molecule has 0 saturated carbocycles. The van der Waals surface area contributed by atoms with E-state index in [1.165, 1.54) is 0 Å². The number of aromatic hydroxyl groups is 1. The molecule has 0 unspecified atom stereocenters. The fourth-order valence-corrected chi connectivity index (χ4v) is 5.07. The number of unbranched alkanes of at least 4 members (excludes halogenated alkanes) is 2. The van der Waals surface area contributed by atoms with Crippen LogP contribution in [0.1, 0.15) is 79.4 Å². The number of nitrogens with two attached hydrogens (primary N) is 2. The van der Waals surface area contributed by atoms with Crippen LogP contribution in [0.2, 0.25) is 0 Å². The highest BCUT2D eigenvalue weighted by atomic mass is 16.5. The predicted octanol–water partition coefficient (Wildman–Crippen LogP) is 4.54. The normalized spacial score (nSPS) is 12.3. The first-order valence-corrected chi connectivity index (χ1v) is 14.3. The molecule has 0 saturated heterocycles. The van der Waals surface area contributed by atoms with Gasteiger partial charge in [0.1, 0.15) is 5.78 Å². The zero-order valence-electron chi connectivity index (χ0n) is 23.7. The molecule has 8 N–H and O–H groups in total. The minimum atomic E-state index is -0.588. The summed E-state index contributed by atoms with van der Waals surface area (Å²) in [5.41, 5.74) is 17.2. The van der Waals surface area contributed by atoms with Crippen LogP contribution in [-0.4, -0.2) is 36.8 Å². The molecule has 2 aromatic carbocycles. The molecule has 9 heteroatoms. The van der Waals surface area contributed by atoms with E-state index in [9.17, 15) is 20.1 Å². The Morgan fingerprint density at radius 3 is 2.66 bits per heavy atom. The Hall–Kier alpha value is -3.63.